The normalized spacial score (nSPS) is 11.8. The maximum Gasteiger partial charge on any atom is 0.326 e. The summed E-state index contributed by atoms with van der Waals surface area (Å²) in [6.07, 6.45) is 2.01. The lowest BCUT2D eigenvalue weighted by molar-refractivity contribution is -0.141. The van der Waals surface area contributed by atoms with Gasteiger partial charge in [0.2, 0.25) is 11.8 Å². The number of carbonyl (C=O) groups is 2. The molecule has 0 bridgehead atoms. The third-order valence-corrected chi connectivity index (χ3v) is 2.17. The molecule has 1 aromatic rings. The Morgan fingerprint density at radius 2 is 2.33 bits per heavy atom. The first-order chi connectivity index (χ1) is 8.52. The highest BCUT2D eigenvalue weighted by Gasteiger charge is 2.18. The van der Waals surface area contributed by atoms with Crippen LogP contribution in [0, 0.1) is 6.92 Å². The Balaban J connectivity index is 2.40. The summed E-state index contributed by atoms with van der Waals surface area (Å²) in [6, 6.07) is -0.945. The molecule has 18 heavy (non-hydrogen) atoms. The Bertz CT molecular complexity index is 441. The van der Waals surface area contributed by atoms with Crippen LogP contribution in [0.15, 0.2) is 17.2 Å². The first-order valence-corrected chi connectivity index (χ1v) is 5.45. The zero-order chi connectivity index (χ0) is 13.5. The van der Waals surface area contributed by atoms with Gasteiger partial charge >= 0.3 is 5.97 Å². The van der Waals surface area contributed by atoms with Gasteiger partial charge in [-0.05, 0) is 13.3 Å². The smallest absolute Gasteiger partial charge is 0.326 e. The molecule has 1 rings (SSSR count). The number of nitrogens with one attached hydrogen (secondary N) is 1. The van der Waals surface area contributed by atoms with E-state index in [0.717, 1.165) is 0 Å². The fourth-order valence-corrected chi connectivity index (χ4v) is 1.32. The number of nitrogens with zero attached hydrogens (tertiary/aromatic N) is 2. The van der Waals surface area contributed by atoms with Crippen LogP contribution in [-0.2, 0) is 16.0 Å². The van der Waals surface area contributed by atoms with Gasteiger partial charge in [0.05, 0.1) is 0 Å². The lowest BCUT2D eigenvalue weighted by atomic mass is 10.2. The molecule has 2 N–H and O–H groups in total. The first-order valence-electron chi connectivity index (χ1n) is 5.45. The summed E-state index contributed by atoms with van der Waals surface area (Å²) in [4.78, 5) is 26.3. The number of carboxylic acids is 1. The van der Waals surface area contributed by atoms with E-state index in [0.29, 0.717) is 11.7 Å². The second kappa shape index (κ2) is 6.53. The van der Waals surface area contributed by atoms with E-state index in [9.17, 15) is 9.59 Å². The van der Waals surface area contributed by atoms with Gasteiger partial charge in [-0.25, -0.2) is 4.79 Å². The fourth-order valence-electron chi connectivity index (χ4n) is 1.32. The molecule has 0 spiro atoms. The third kappa shape index (κ3) is 4.36. The van der Waals surface area contributed by atoms with Crippen LogP contribution in [0.4, 0.5) is 0 Å². The van der Waals surface area contributed by atoms with Crippen LogP contribution in [-0.4, -0.2) is 33.2 Å². The molecule has 7 nitrogen and oxygen atoms in total. The van der Waals surface area contributed by atoms with E-state index in [1.807, 2.05) is 0 Å². The predicted octanol–water partition coefficient (Wildman–Crippen LogP) is 0.456. The second-order valence-electron chi connectivity index (χ2n) is 3.72. The minimum atomic E-state index is -1.09. The second-order valence-corrected chi connectivity index (χ2v) is 3.72. The number of hydrogen-bond donors (Lipinski definition) is 2. The van der Waals surface area contributed by atoms with Crippen LogP contribution in [0.5, 0.6) is 0 Å². The Kier molecular flexibility index (Phi) is 5.04. The summed E-state index contributed by atoms with van der Waals surface area (Å²) in [7, 11) is 0. The van der Waals surface area contributed by atoms with Gasteiger partial charge in [0.15, 0.2) is 5.82 Å². The highest BCUT2D eigenvalue weighted by atomic mass is 16.5. The van der Waals surface area contributed by atoms with Crippen molar-refractivity contribution >= 4 is 11.9 Å². The van der Waals surface area contributed by atoms with Gasteiger partial charge in [-0.2, -0.15) is 4.98 Å². The number of aryl methyl sites for hydroxylation is 2. The van der Waals surface area contributed by atoms with Crippen molar-refractivity contribution in [3.05, 3.63) is 24.4 Å². The van der Waals surface area contributed by atoms with Crippen molar-refractivity contribution in [2.75, 3.05) is 0 Å². The standard InChI is InChI=1S/C11H15N3O4/c1-3-4-8(11(16)17)13-9(15)5-6-10-12-7(2)14-18-10/h3,8H,1,4-6H2,2H3,(H,13,15)(H,16,17). The summed E-state index contributed by atoms with van der Waals surface area (Å²) in [5.74, 6) is -0.601. The van der Waals surface area contributed by atoms with Gasteiger partial charge in [-0.1, -0.05) is 11.2 Å². The molecule has 0 radical (unpaired) electrons. The summed E-state index contributed by atoms with van der Waals surface area (Å²) in [5, 5.41) is 14.8. The molecule has 0 aliphatic heterocycles. The fraction of sp³-hybridized carbons (Fsp3) is 0.455. The first kappa shape index (κ1) is 13.9. The summed E-state index contributed by atoms with van der Waals surface area (Å²) < 4.78 is 4.84. The van der Waals surface area contributed by atoms with Crippen LogP contribution in [0.3, 0.4) is 0 Å². The molecule has 0 saturated carbocycles. The zero-order valence-corrected chi connectivity index (χ0v) is 10.0. The van der Waals surface area contributed by atoms with Crippen molar-refractivity contribution in [1.82, 2.24) is 15.5 Å². The van der Waals surface area contributed by atoms with Crippen LogP contribution in [0.25, 0.3) is 0 Å². The molecule has 0 aliphatic rings. The molecule has 1 amide bonds. The number of aliphatic carboxylic acids is 1. The van der Waals surface area contributed by atoms with Crippen LogP contribution in [0.1, 0.15) is 24.6 Å². The van der Waals surface area contributed by atoms with Crippen molar-refractivity contribution < 1.29 is 19.2 Å². The third-order valence-electron chi connectivity index (χ3n) is 2.17. The molecule has 0 aliphatic carbocycles. The van der Waals surface area contributed by atoms with Crippen LogP contribution in [0.2, 0.25) is 0 Å². The average Bonchev–Trinajstić information content (AvgIpc) is 2.72. The maximum absolute atomic E-state index is 11.5. The number of carbonyl (C=O) groups excluding carboxylic acids is 1. The maximum atomic E-state index is 11.5. The summed E-state index contributed by atoms with van der Waals surface area (Å²) in [6.45, 7) is 5.12. The van der Waals surface area contributed by atoms with Crippen LogP contribution < -0.4 is 5.32 Å². The minimum Gasteiger partial charge on any atom is -0.480 e. The number of hydrogen-bond acceptors (Lipinski definition) is 5. The van der Waals surface area contributed by atoms with Crippen molar-refractivity contribution in [1.29, 1.82) is 0 Å². The molecule has 98 valence electrons. The number of carboxylic acid groups (broad SMARTS) is 1. The summed E-state index contributed by atoms with van der Waals surface area (Å²) >= 11 is 0. The van der Waals surface area contributed by atoms with Crippen molar-refractivity contribution in [2.24, 2.45) is 0 Å². The molecule has 1 atom stereocenters. The SMILES string of the molecule is C=CCC(NC(=O)CCc1nc(C)no1)C(=O)O. The molecule has 1 unspecified atom stereocenters. The van der Waals surface area contributed by atoms with E-state index in [1.54, 1.807) is 6.92 Å². The van der Waals surface area contributed by atoms with E-state index in [4.69, 9.17) is 9.63 Å². The summed E-state index contributed by atoms with van der Waals surface area (Å²) in [5.41, 5.74) is 0. The van der Waals surface area contributed by atoms with Gasteiger partial charge < -0.3 is 14.9 Å². The molecule has 0 aromatic carbocycles. The monoisotopic (exact) mass is 253 g/mol. The highest BCUT2D eigenvalue weighted by molar-refractivity contribution is 5.83. The van der Waals surface area contributed by atoms with E-state index >= 15 is 0 Å². The number of aromatic nitrogens is 2. The Morgan fingerprint density at radius 1 is 1.61 bits per heavy atom. The molecule has 0 saturated heterocycles. The number of amides is 1. The molecule has 1 heterocycles. The van der Waals surface area contributed by atoms with E-state index in [2.05, 4.69) is 22.0 Å². The molecule has 7 heteroatoms. The Hall–Kier alpha value is -2.18. The molecular formula is C11H15N3O4. The van der Waals surface area contributed by atoms with Crippen molar-refractivity contribution in [2.45, 2.75) is 32.2 Å². The topological polar surface area (TPSA) is 105 Å². The van der Waals surface area contributed by atoms with Crippen molar-refractivity contribution in [3.8, 4) is 0 Å². The zero-order valence-electron chi connectivity index (χ0n) is 10.0. The highest BCUT2D eigenvalue weighted by Crippen LogP contribution is 2.01. The van der Waals surface area contributed by atoms with E-state index in [1.165, 1.54) is 6.08 Å². The lowest BCUT2D eigenvalue weighted by Gasteiger charge is -2.11. The molecule has 0 fully saturated rings. The van der Waals surface area contributed by atoms with Gasteiger partial charge in [0, 0.05) is 12.8 Å². The quantitative estimate of drug-likeness (QED) is 0.684. The lowest BCUT2D eigenvalue weighted by Crippen LogP contribution is -2.40. The Morgan fingerprint density at radius 3 is 2.83 bits per heavy atom. The molecular weight excluding hydrogens is 238 g/mol. The predicted molar refractivity (Wildman–Crippen MR) is 61.7 cm³/mol. The van der Waals surface area contributed by atoms with Gasteiger partial charge in [0.1, 0.15) is 6.04 Å². The van der Waals surface area contributed by atoms with Crippen molar-refractivity contribution in [3.63, 3.8) is 0 Å². The minimum absolute atomic E-state index is 0.0998. The molecule has 1 aromatic heterocycles. The average molecular weight is 253 g/mol. The van der Waals surface area contributed by atoms with Gasteiger partial charge in [0.25, 0.3) is 0 Å². The van der Waals surface area contributed by atoms with E-state index in [-0.39, 0.29) is 25.2 Å². The van der Waals surface area contributed by atoms with Gasteiger partial charge in [-0.3, -0.25) is 4.79 Å². The van der Waals surface area contributed by atoms with E-state index < -0.39 is 12.0 Å². The Labute approximate surface area is 104 Å². The van der Waals surface area contributed by atoms with Crippen LogP contribution >= 0.6 is 0 Å². The number of rotatable bonds is 7. The van der Waals surface area contributed by atoms with Gasteiger partial charge in [-0.15, -0.1) is 6.58 Å². The largest absolute Gasteiger partial charge is 0.480 e.